The molecule has 0 aromatic heterocycles. The minimum Gasteiger partial charge on any atom is -0.367 e. The fourth-order valence-electron chi connectivity index (χ4n) is 1.92. The molecule has 2 amide bonds. The van der Waals surface area contributed by atoms with Gasteiger partial charge in [-0.15, -0.1) is 0 Å². The standard InChI is InChI=1S/C11H23N3O2/c1-4-5-13-10(15)14-7-9(6-12)16-11(2,3)8-14/h9H,4-8,12H2,1-3H3,(H,13,15). The van der Waals surface area contributed by atoms with Gasteiger partial charge in [-0.05, 0) is 20.3 Å². The van der Waals surface area contributed by atoms with Gasteiger partial charge in [0.25, 0.3) is 0 Å². The number of hydrogen-bond acceptors (Lipinski definition) is 3. The predicted octanol–water partition coefficient (Wildman–Crippen LogP) is 0.544. The van der Waals surface area contributed by atoms with Crippen molar-refractivity contribution in [2.75, 3.05) is 26.2 Å². The van der Waals surface area contributed by atoms with Crippen molar-refractivity contribution in [2.45, 2.75) is 38.9 Å². The molecule has 1 aliphatic rings. The van der Waals surface area contributed by atoms with E-state index in [0.717, 1.165) is 6.42 Å². The maximum absolute atomic E-state index is 11.8. The zero-order chi connectivity index (χ0) is 12.2. The zero-order valence-electron chi connectivity index (χ0n) is 10.5. The molecule has 1 fully saturated rings. The van der Waals surface area contributed by atoms with E-state index in [-0.39, 0.29) is 17.7 Å². The van der Waals surface area contributed by atoms with Crippen LogP contribution in [0.2, 0.25) is 0 Å². The lowest BCUT2D eigenvalue weighted by Crippen LogP contribution is -2.58. The van der Waals surface area contributed by atoms with E-state index in [1.165, 1.54) is 0 Å². The summed E-state index contributed by atoms with van der Waals surface area (Å²) in [5, 5.41) is 2.88. The number of nitrogens with two attached hydrogens (primary N) is 1. The van der Waals surface area contributed by atoms with Crippen molar-refractivity contribution >= 4 is 6.03 Å². The molecule has 0 bridgehead atoms. The monoisotopic (exact) mass is 229 g/mol. The number of morpholine rings is 1. The first-order valence-corrected chi connectivity index (χ1v) is 5.89. The van der Waals surface area contributed by atoms with E-state index in [1.54, 1.807) is 4.90 Å². The molecule has 5 nitrogen and oxygen atoms in total. The van der Waals surface area contributed by atoms with Gasteiger partial charge in [-0.1, -0.05) is 6.92 Å². The minimum absolute atomic E-state index is 0.0170. The number of rotatable bonds is 3. The van der Waals surface area contributed by atoms with E-state index in [2.05, 4.69) is 5.32 Å². The second kappa shape index (κ2) is 5.50. The van der Waals surface area contributed by atoms with Crippen LogP contribution in [-0.4, -0.2) is 48.8 Å². The number of carbonyl (C=O) groups excluding carboxylic acids is 1. The van der Waals surface area contributed by atoms with E-state index in [0.29, 0.717) is 26.2 Å². The molecule has 0 aromatic rings. The van der Waals surface area contributed by atoms with Gasteiger partial charge in [0.1, 0.15) is 0 Å². The van der Waals surface area contributed by atoms with Crippen LogP contribution >= 0.6 is 0 Å². The van der Waals surface area contributed by atoms with Crippen molar-refractivity contribution in [3.8, 4) is 0 Å². The van der Waals surface area contributed by atoms with Crippen LogP contribution in [0.1, 0.15) is 27.2 Å². The SMILES string of the molecule is CCCNC(=O)N1CC(CN)OC(C)(C)C1. The minimum atomic E-state index is -0.314. The number of hydrogen-bond donors (Lipinski definition) is 2. The third kappa shape index (κ3) is 3.64. The van der Waals surface area contributed by atoms with E-state index in [4.69, 9.17) is 10.5 Å². The van der Waals surface area contributed by atoms with Gasteiger partial charge in [-0.3, -0.25) is 0 Å². The molecule has 3 N–H and O–H groups in total. The molecular formula is C11H23N3O2. The van der Waals surface area contributed by atoms with Crippen LogP contribution in [0.4, 0.5) is 4.79 Å². The highest BCUT2D eigenvalue weighted by atomic mass is 16.5. The number of ether oxygens (including phenoxy) is 1. The molecule has 0 radical (unpaired) electrons. The van der Waals surface area contributed by atoms with Crippen molar-refractivity contribution in [3.63, 3.8) is 0 Å². The Morgan fingerprint density at radius 1 is 1.62 bits per heavy atom. The Kier molecular flexibility index (Phi) is 4.56. The molecule has 0 aliphatic carbocycles. The maximum Gasteiger partial charge on any atom is 0.317 e. The summed E-state index contributed by atoms with van der Waals surface area (Å²) in [5.41, 5.74) is 5.29. The van der Waals surface area contributed by atoms with Gasteiger partial charge >= 0.3 is 6.03 Å². The highest BCUT2D eigenvalue weighted by Crippen LogP contribution is 2.20. The summed E-state index contributed by atoms with van der Waals surface area (Å²) in [5.74, 6) is 0. The number of nitrogens with zero attached hydrogens (tertiary/aromatic N) is 1. The molecule has 5 heteroatoms. The molecule has 94 valence electrons. The van der Waals surface area contributed by atoms with Crippen LogP contribution in [0, 0.1) is 0 Å². The van der Waals surface area contributed by atoms with Gasteiger partial charge in [0.2, 0.25) is 0 Å². The van der Waals surface area contributed by atoms with Crippen LogP contribution in [0.3, 0.4) is 0 Å². The highest BCUT2D eigenvalue weighted by molar-refractivity contribution is 5.74. The Morgan fingerprint density at radius 3 is 2.88 bits per heavy atom. The molecule has 1 rings (SSSR count). The Hall–Kier alpha value is -0.810. The first kappa shape index (κ1) is 13.3. The third-order valence-corrected chi connectivity index (χ3v) is 2.56. The number of carbonyl (C=O) groups is 1. The lowest BCUT2D eigenvalue weighted by molar-refractivity contribution is -0.120. The number of nitrogens with one attached hydrogen (secondary N) is 1. The first-order chi connectivity index (χ1) is 7.48. The van der Waals surface area contributed by atoms with Gasteiger partial charge in [0.15, 0.2) is 0 Å². The second-order valence-electron chi connectivity index (χ2n) is 4.85. The van der Waals surface area contributed by atoms with Crippen LogP contribution < -0.4 is 11.1 Å². The molecule has 16 heavy (non-hydrogen) atoms. The Morgan fingerprint density at radius 2 is 2.31 bits per heavy atom. The quantitative estimate of drug-likeness (QED) is 0.742. The summed E-state index contributed by atoms with van der Waals surface area (Å²) >= 11 is 0. The maximum atomic E-state index is 11.8. The van der Waals surface area contributed by atoms with Gasteiger partial charge < -0.3 is 20.7 Å². The van der Waals surface area contributed by atoms with Gasteiger partial charge in [-0.25, -0.2) is 4.79 Å². The predicted molar refractivity (Wildman–Crippen MR) is 63.3 cm³/mol. The van der Waals surface area contributed by atoms with E-state index in [9.17, 15) is 4.79 Å². The average molecular weight is 229 g/mol. The smallest absolute Gasteiger partial charge is 0.317 e. The Labute approximate surface area is 97.3 Å². The molecule has 1 heterocycles. The van der Waals surface area contributed by atoms with E-state index >= 15 is 0 Å². The van der Waals surface area contributed by atoms with Crippen molar-refractivity contribution in [2.24, 2.45) is 5.73 Å². The average Bonchev–Trinajstić information content (AvgIpc) is 2.23. The Bertz CT molecular complexity index is 243. The van der Waals surface area contributed by atoms with E-state index in [1.807, 2.05) is 20.8 Å². The van der Waals surface area contributed by atoms with Crippen molar-refractivity contribution in [1.29, 1.82) is 0 Å². The third-order valence-electron chi connectivity index (χ3n) is 2.56. The van der Waals surface area contributed by atoms with Crippen LogP contribution in [-0.2, 0) is 4.74 Å². The molecule has 0 spiro atoms. The molecule has 1 atom stereocenters. The molecule has 1 unspecified atom stereocenters. The summed E-state index contributed by atoms with van der Waals surface area (Å²) in [6.45, 7) is 8.34. The molecule has 0 saturated carbocycles. The summed E-state index contributed by atoms with van der Waals surface area (Å²) < 4.78 is 5.76. The molecular weight excluding hydrogens is 206 g/mol. The topological polar surface area (TPSA) is 67.6 Å². The van der Waals surface area contributed by atoms with Crippen molar-refractivity contribution < 1.29 is 9.53 Å². The second-order valence-corrected chi connectivity index (χ2v) is 4.85. The first-order valence-electron chi connectivity index (χ1n) is 5.89. The van der Waals surface area contributed by atoms with Crippen LogP contribution in [0.25, 0.3) is 0 Å². The van der Waals surface area contributed by atoms with Crippen LogP contribution in [0.15, 0.2) is 0 Å². The van der Waals surface area contributed by atoms with Crippen LogP contribution in [0.5, 0.6) is 0 Å². The number of urea groups is 1. The number of amides is 2. The Balaban J connectivity index is 2.55. The summed E-state index contributed by atoms with van der Waals surface area (Å²) in [6, 6.07) is -0.0170. The molecule has 1 aliphatic heterocycles. The van der Waals surface area contributed by atoms with Crippen molar-refractivity contribution in [1.82, 2.24) is 10.2 Å². The lowest BCUT2D eigenvalue weighted by atomic mass is 10.1. The van der Waals surface area contributed by atoms with Gasteiger partial charge in [-0.2, -0.15) is 0 Å². The normalized spacial score (nSPS) is 24.2. The fraction of sp³-hybridized carbons (Fsp3) is 0.909. The van der Waals surface area contributed by atoms with Gasteiger partial charge in [0.05, 0.1) is 18.2 Å². The zero-order valence-corrected chi connectivity index (χ0v) is 10.5. The highest BCUT2D eigenvalue weighted by Gasteiger charge is 2.34. The van der Waals surface area contributed by atoms with Crippen molar-refractivity contribution in [3.05, 3.63) is 0 Å². The molecule has 0 aromatic carbocycles. The fourth-order valence-corrected chi connectivity index (χ4v) is 1.92. The summed E-state index contributed by atoms with van der Waals surface area (Å²) in [6.07, 6.45) is 0.885. The lowest BCUT2D eigenvalue weighted by Gasteiger charge is -2.42. The van der Waals surface area contributed by atoms with E-state index < -0.39 is 0 Å². The summed E-state index contributed by atoms with van der Waals surface area (Å²) in [4.78, 5) is 13.6. The molecule has 1 saturated heterocycles. The summed E-state index contributed by atoms with van der Waals surface area (Å²) in [7, 11) is 0. The largest absolute Gasteiger partial charge is 0.367 e. The van der Waals surface area contributed by atoms with Gasteiger partial charge in [0, 0.05) is 19.6 Å².